The van der Waals surface area contributed by atoms with E-state index in [9.17, 15) is 9.18 Å². The van der Waals surface area contributed by atoms with Crippen molar-refractivity contribution in [2.75, 3.05) is 6.54 Å². The largest absolute Gasteiger partial charge is 0.294 e. The summed E-state index contributed by atoms with van der Waals surface area (Å²) in [6, 6.07) is 24.7. The van der Waals surface area contributed by atoms with Crippen LogP contribution in [-0.4, -0.2) is 28.8 Å². The molecule has 0 spiro atoms. The molecular formula is C28H25BFN3O. The number of nitrogens with zero attached hydrogens (tertiary/aromatic N) is 3. The summed E-state index contributed by atoms with van der Waals surface area (Å²) in [5.74, 6) is 0.296. The molecule has 0 aliphatic carbocycles. The molecule has 4 aromatic rings. The van der Waals surface area contributed by atoms with Crippen LogP contribution in [-0.2, 0) is 19.5 Å². The van der Waals surface area contributed by atoms with Crippen LogP contribution in [0, 0.1) is 12.7 Å². The molecule has 0 bridgehead atoms. The zero-order chi connectivity index (χ0) is 23.7. The average Bonchev–Trinajstić information content (AvgIpc) is 2.85. The molecule has 6 heteroatoms. The van der Waals surface area contributed by atoms with E-state index in [0.717, 1.165) is 34.5 Å². The molecule has 3 aromatic carbocycles. The van der Waals surface area contributed by atoms with Gasteiger partial charge in [-0.2, -0.15) is 0 Å². The first-order chi connectivity index (χ1) is 16.5. The SMILES string of the molecule is [B]c1cc(CN2CCc3nc(C)n(C(c4ccccc4)c4ccccc4)c(=O)c3C2)ccc1F. The number of hydrogen-bond donors (Lipinski definition) is 0. The van der Waals surface area contributed by atoms with E-state index in [0.29, 0.717) is 25.3 Å². The van der Waals surface area contributed by atoms with Crippen LogP contribution in [0.4, 0.5) is 4.39 Å². The Morgan fingerprint density at radius 1 is 1.00 bits per heavy atom. The Kier molecular flexibility index (Phi) is 6.16. The maximum absolute atomic E-state index is 13.9. The summed E-state index contributed by atoms with van der Waals surface area (Å²) in [5, 5.41) is 0. The lowest BCUT2D eigenvalue weighted by Gasteiger charge is -2.30. The molecule has 34 heavy (non-hydrogen) atoms. The van der Waals surface area contributed by atoms with Gasteiger partial charge in [0, 0.05) is 26.1 Å². The summed E-state index contributed by atoms with van der Waals surface area (Å²) in [6.45, 7) is 3.78. The van der Waals surface area contributed by atoms with E-state index in [1.165, 1.54) is 6.07 Å². The molecule has 168 valence electrons. The van der Waals surface area contributed by atoms with Crippen molar-refractivity contribution in [3.8, 4) is 0 Å². The third-order valence-electron chi connectivity index (χ3n) is 6.47. The van der Waals surface area contributed by atoms with E-state index < -0.39 is 5.82 Å². The molecule has 5 rings (SSSR count). The Balaban J connectivity index is 1.54. The molecular weight excluding hydrogens is 424 g/mol. The van der Waals surface area contributed by atoms with Crippen molar-refractivity contribution in [1.82, 2.24) is 14.5 Å². The van der Waals surface area contributed by atoms with Gasteiger partial charge < -0.3 is 0 Å². The van der Waals surface area contributed by atoms with Crippen molar-refractivity contribution in [2.45, 2.75) is 32.5 Å². The molecule has 0 amide bonds. The van der Waals surface area contributed by atoms with Crippen LogP contribution >= 0.6 is 0 Å². The summed E-state index contributed by atoms with van der Waals surface area (Å²) in [4.78, 5) is 21.0. The van der Waals surface area contributed by atoms with Crippen molar-refractivity contribution in [2.24, 2.45) is 0 Å². The lowest BCUT2D eigenvalue weighted by Crippen LogP contribution is -2.40. The van der Waals surface area contributed by atoms with Gasteiger partial charge in [0.05, 0.1) is 17.3 Å². The molecule has 2 heterocycles. The van der Waals surface area contributed by atoms with E-state index in [2.05, 4.69) is 4.90 Å². The van der Waals surface area contributed by atoms with Gasteiger partial charge >= 0.3 is 0 Å². The number of fused-ring (bicyclic) bond motifs is 1. The van der Waals surface area contributed by atoms with E-state index in [1.807, 2.05) is 72.2 Å². The number of rotatable bonds is 5. The topological polar surface area (TPSA) is 38.1 Å². The minimum Gasteiger partial charge on any atom is -0.294 e. The normalized spacial score (nSPS) is 13.7. The third-order valence-corrected chi connectivity index (χ3v) is 6.47. The number of hydrogen-bond acceptors (Lipinski definition) is 3. The molecule has 0 saturated heterocycles. The van der Waals surface area contributed by atoms with Gasteiger partial charge in [-0.05, 0) is 29.7 Å². The molecule has 0 unspecified atom stereocenters. The standard InChI is InChI=1S/C28H25BFN3O/c1-19-31-26-14-15-32(17-20-12-13-25(30)24(29)16-20)18-23(26)28(34)33(19)27(21-8-4-2-5-9-21)22-10-6-3-7-11-22/h2-13,16,27H,14-15,17-18H2,1H3. The van der Waals surface area contributed by atoms with E-state index in [-0.39, 0.29) is 17.1 Å². The second-order valence-electron chi connectivity index (χ2n) is 8.80. The maximum atomic E-state index is 13.9. The van der Waals surface area contributed by atoms with Crippen molar-refractivity contribution in [3.63, 3.8) is 0 Å². The molecule has 0 fully saturated rings. The van der Waals surface area contributed by atoms with Crippen LogP contribution < -0.4 is 11.0 Å². The molecule has 0 saturated carbocycles. The first-order valence-electron chi connectivity index (χ1n) is 11.5. The summed E-state index contributed by atoms with van der Waals surface area (Å²) in [7, 11) is 5.75. The van der Waals surface area contributed by atoms with Gasteiger partial charge in [-0.15, -0.1) is 0 Å². The van der Waals surface area contributed by atoms with Crippen LogP contribution in [0.2, 0.25) is 0 Å². The second kappa shape index (κ2) is 9.39. The van der Waals surface area contributed by atoms with Gasteiger partial charge in [0.1, 0.15) is 19.5 Å². The van der Waals surface area contributed by atoms with Gasteiger partial charge in [-0.3, -0.25) is 14.3 Å². The number of aryl methyl sites for hydroxylation is 1. The molecule has 1 aliphatic rings. The Hall–Kier alpha value is -3.51. The fourth-order valence-corrected chi connectivity index (χ4v) is 4.81. The smallest absolute Gasteiger partial charge is 0.259 e. The highest BCUT2D eigenvalue weighted by Gasteiger charge is 2.27. The molecule has 0 atom stereocenters. The molecule has 4 nitrogen and oxygen atoms in total. The highest BCUT2D eigenvalue weighted by Crippen LogP contribution is 2.27. The number of aromatic nitrogens is 2. The summed E-state index contributed by atoms with van der Waals surface area (Å²) < 4.78 is 15.4. The van der Waals surface area contributed by atoms with Crippen molar-refractivity contribution in [1.29, 1.82) is 0 Å². The Labute approximate surface area is 200 Å². The zero-order valence-electron chi connectivity index (χ0n) is 19.1. The van der Waals surface area contributed by atoms with Gasteiger partial charge in [0.2, 0.25) is 0 Å². The van der Waals surface area contributed by atoms with Crippen LogP contribution in [0.15, 0.2) is 83.7 Å². The minimum atomic E-state index is -0.414. The van der Waals surface area contributed by atoms with E-state index >= 15 is 0 Å². The summed E-state index contributed by atoms with van der Waals surface area (Å²) >= 11 is 0. The monoisotopic (exact) mass is 449 g/mol. The lowest BCUT2D eigenvalue weighted by molar-refractivity contribution is 0.240. The van der Waals surface area contributed by atoms with Crippen LogP contribution in [0.3, 0.4) is 0 Å². The first kappa shape index (κ1) is 22.3. The predicted octanol–water partition coefficient (Wildman–Crippen LogP) is 3.68. The van der Waals surface area contributed by atoms with Gasteiger partial charge in [0.15, 0.2) is 0 Å². The van der Waals surface area contributed by atoms with Crippen LogP contribution in [0.5, 0.6) is 0 Å². The highest BCUT2D eigenvalue weighted by atomic mass is 19.1. The molecule has 1 aliphatic heterocycles. The number of halogens is 1. The van der Waals surface area contributed by atoms with Gasteiger partial charge in [-0.25, -0.2) is 9.37 Å². The highest BCUT2D eigenvalue weighted by molar-refractivity contribution is 6.32. The molecule has 1 aromatic heterocycles. The molecule has 0 N–H and O–H groups in total. The number of benzene rings is 3. The predicted molar refractivity (Wildman–Crippen MR) is 133 cm³/mol. The molecule has 2 radical (unpaired) electrons. The Bertz CT molecular complexity index is 1330. The minimum absolute atomic E-state index is 0.0106. The first-order valence-corrected chi connectivity index (χ1v) is 11.5. The van der Waals surface area contributed by atoms with Gasteiger partial charge in [0.25, 0.3) is 5.56 Å². The van der Waals surface area contributed by atoms with Crippen LogP contribution in [0.25, 0.3) is 0 Å². The van der Waals surface area contributed by atoms with Crippen molar-refractivity contribution in [3.05, 3.63) is 129 Å². The van der Waals surface area contributed by atoms with E-state index in [1.54, 1.807) is 12.1 Å². The summed E-state index contributed by atoms with van der Waals surface area (Å²) in [6.07, 6.45) is 0.699. The lowest BCUT2D eigenvalue weighted by atomic mass is 9.93. The van der Waals surface area contributed by atoms with Crippen molar-refractivity contribution < 1.29 is 4.39 Å². The van der Waals surface area contributed by atoms with E-state index in [4.69, 9.17) is 12.8 Å². The van der Waals surface area contributed by atoms with Gasteiger partial charge in [-0.1, -0.05) is 78.3 Å². The Morgan fingerprint density at radius 3 is 2.26 bits per heavy atom. The third kappa shape index (κ3) is 4.33. The average molecular weight is 449 g/mol. The van der Waals surface area contributed by atoms with Crippen molar-refractivity contribution >= 4 is 13.3 Å². The summed E-state index contributed by atoms with van der Waals surface area (Å²) in [5.41, 5.74) is 4.73. The fourth-order valence-electron chi connectivity index (χ4n) is 4.81. The second-order valence-corrected chi connectivity index (χ2v) is 8.80. The Morgan fingerprint density at radius 2 is 1.65 bits per heavy atom. The van der Waals surface area contributed by atoms with Crippen LogP contribution in [0.1, 0.15) is 39.8 Å². The fraction of sp³-hybridized carbons (Fsp3) is 0.214. The zero-order valence-corrected chi connectivity index (χ0v) is 19.1. The quantitative estimate of drug-likeness (QED) is 0.437. The maximum Gasteiger partial charge on any atom is 0.259 e.